The summed E-state index contributed by atoms with van der Waals surface area (Å²) in [6.07, 6.45) is 3.67. The summed E-state index contributed by atoms with van der Waals surface area (Å²) in [4.78, 5) is 15.0. The molecule has 5 nitrogen and oxygen atoms in total. The van der Waals surface area contributed by atoms with Crippen molar-refractivity contribution in [2.75, 3.05) is 5.32 Å². The summed E-state index contributed by atoms with van der Waals surface area (Å²) >= 11 is 7.61. The van der Waals surface area contributed by atoms with Crippen molar-refractivity contribution >= 4 is 44.8 Å². The highest BCUT2D eigenvalue weighted by Gasteiger charge is 2.11. The average Bonchev–Trinajstić information content (AvgIpc) is 3.14. The Morgan fingerprint density at radius 1 is 1.17 bits per heavy atom. The largest absolute Gasteiger partial charge is 0.323 e. The van der Waals surface area contributed by atoms with Crippen LogP contribution in [0.15, 0.2) is 48.9 Å². The van der Waals surface area contributed by atoms with E-state index >= 15 is 0 Å². The van der Waals surface area contributed by atoms with Gasteiger partial charge in [0.25, 0.3) is 0 Å². The first-order chi connectivity index (χ1) is 11.2. The van der Waals surface area contributed by atoms with Crippen molar-refractivity contribution in [2.24, 2.45) is 0 Å². The molecule has 0 spiro atoms. The van der Waals surface area contributed by atoms with Crippen LogP contribution in [0.3, 0.4) is 0 Å². The molecule has 0 atom stereocenters. The lowest BCUT2D eigenvalue weighted by Gasteiger charge is -2.04. The van der Waals surface area contributed by atoms with Crippen LogP contribution in [-0.2, 0) is 0 Å². The molecule has 7 heteroatoms. The van der Waals surface area contributed by atoms with Crippen molar-refractivity contribution in [3.8, 4) is 5.69 Å². The second-order valence-corrected chi connectivity index (χ2v) is 6.62. The van der Waals surface area contributed by atoms with Crippen molar-refractivity contribution < 1.29 is 0 Å². The molecule has 1 N–H and O–H groups in total. The quantitative estimate of drug-likeness (QED) is 0.554. The Morgan fingerprint density at radius 3 is 2.83 bits per heavy atom. The number of rotatable bonds is 3. The number of imidazole rings is 1. The third kappa shape index (κ3) is 2.78. The number of hydrogen-bond acceptors (Lipinski definition) is 5. The lowest BCUT2D eigenvalue weighted by Crippen LogP contribution is -1.96. The van der Waals surface area contributed by atoms with Gasteiger partial charge in [0.1, 0.15) is 22.8 Å². The maximum Gasteiger partial charge on any atom is 0.225 e. The topological polar surface area (TPSA) is 55.6 Å². The van der Waals surface area contributed by atoms with Gasteiger partial charge in [0, 0.05) is 10.6 Å². The van der Waals surface area contributed by atoms with Gasteiger partial charge >= 0.3 is 0 Å². The predicted octanol–water partition coefficient (Wildman–Crippen LogP) is 4.58. The number of aromatic nitrogens is 4. The standard InChI is InChI=1S/C16H12ClN5S/c1-10-7-12-14(20-16(17)21-15(12)23-10)19-13-8-22(9-18-13)11-5-3-2-4-6-11/h2-9H,1H3,(H,19,20,21). The zero-order chi connectivity index (χ0) is 15.8. The van der Waals surface area contributed by atoms with E-state index in [1.807, 2.05) is 54.1 Å². The van der Waals surface area contributed by atoms with E-state index in [0.717, 1.165) is 20.8 Å². The normalized spacial score (nSPS) is 11.0. The maximum absolute atomic E-state index is 6.02. The summed E-state index contributed by atoms with van der Waals surface area (Å²) in [7, 11) is 0. The molecular formula is C16H12ClN5S. The van der Waals surface area contributed by atoms with E-state index in [2.05, 4.69) is 20.3 Å². The molecule has 0 fully saturated rings. The summed E-state index contributed by atoms with van der Waals surface area (Å²) < 4.78 is 1.95. The van der Waals surface area contributed by atoms with Gasteiger partial charge in [-0.25, -0.2) is 9.97 Å². The Bertz CT molecular complexity index is 977. The number of aryl methyl sites for hydroxylation is 1. The Labute approximate surface area is 141 Å². The Balaban J connectivity index is 1.70. The minimum atomic E-state index is 0.226. The molecule has 0 radical (unpaired) electrons. The van der Waals surface area contributed by atoms with E-state index < -0.39 is 0 Å². The molecule has 3 aromatic heterocycles. The smallest absolute Gasteiger partial charge is 0.225 e. The van der Waals surface area contributed by atoms with Crippen LogP contribution < -0.4 is 5.32 Å². The molecule has 0 aliphatic rings. The maximum atomic E-state index is 6.02. The molecule has 0 bridgehead atoms. The molecule has 0 unspecified atom stereocenters. The number of nitrogens with zero attached hydrogens (tertiary/aromatic N) is 4. The van der Waals surface area contributed by atoms with Gasteiger partial charge in [-0.1, -0.05) is 18.2 Å². The highest BCUT2D eigenvalue weighted by atomic mass is 35.5. The van der Waals surface area contributed by atoms with E-state index in [-0.39, 0.29) is 5.28 Å². The van der Waals surface area contributed by atoms with Crippen LogP contribution in [0.25, 0.3) is 15.9 Å². The number of para-hydroxylation sites is 1. The number of benzene rings is 1. The van der Waals surface area contributed by atoms with Gasteiger partial charge in [-0.3, -0.25) is 0 Å². The molecule has 4 aromatic rings. The summed E-state index contributed by atoms with van der Waals surface area (Å²) in [5.74, 6) is 1.37. The van der Waals surface area contributed by atoms with Crippen LogP contribution >= 0.6 is 22.9 Å². The molecule has 0 aliphatic carbocycles. The number of halogens is 1. The minimum absolute atomic E-state index is 0.226. The van der Waals surface area contributed by atoms with Gasteiger partial charge in [-0.2, -0.15) is 4.98 Å². The van der Waals surface area contributed by atoms with Gasteiger partial charge in [0.05, 0.1) is 11.6 Å². The summed E-state index contributed by atoms with van der Waals surface area (Å²) in [5.41, 5.74) is 1.05. The van der Waals surface area contributed by atoms with Crippen molar-refractivity contribution in [1.29, 1.82) is 0 Å². The fraction of sp³-hybridized carbons (Fsp3) is 0.0625. The van der Waals surface area contributed by atoms with E-state index in [1.165, 1.54) is 0 Å². The molecule has 0 saturated carbocycles. The van der Waals surface area contributed by atoms with Crippen molar-refractivity contribution in [3.63, 3.8) is 0 Å². The zero-order valence-corrected chi connectivity index (χ0v) is 13.8. The van der Waals surface area contributed by atoms with Crippen molar-refractivity contribution in [1.82, 2.24) is 19.5 Å². The average molecular weight is 342 g/mol. The third-order valence-corrected chi connectivity index (χ3v) is 4.49. The SMILES string of the molecule is Cc1cc2c(Nc3cn(-c4ccccc4)cn3)nc(Cl)nc2s1. The van der Waals surface area contributed by atoms with Gasteiger partial charge < -0.3 is 9.88 Å². The van der Waals surface area contributed by atoms with E-state index in [4.69, 9.17) is 11.6 Å². The third-order valence-electron chi connectivity index (χ3n) is 3.37. The predicted molar refractivity (Wildman–Crippen MR) is 94.0 cm³/mol. The molecule has 0 amide bonds. The summed E-state index contributed by atoms with van der Waals surface area (Å²) in [6.45, 7) is 2.04. The first-order valence-corrected chi connectivity index (χ1v) is 8.18. The van der Waals surface area contributed by atoms with Crippen LogP contribution in [0, 0.1) is 6.92 Å². The van der Waals surface area contributed by atoms with Gasteiger partial charge in [-0.05, 0) is 36.7 Å². The van der Waals surface area contributed by atoms with Crippen LogP contribution in [0.5, 0.6) is 0 Å². The number of nitrogens with one attached hydrogen (secondary N) is 1. The van der Waals surface area contributed by atoms with Gasteiger partial charge in [0.2, 0.25) is 5.28 Å². The van der Waals surface area contributed by atoms with E-state index in [1.54, 1.807) is 17.7 Å². The Morgan fingerprint density at radius 2 is 2.00 bits per heavy atom. The highest BCUT2D eigenvalue weighted by molar-refractivity contribution is 7.18. The number of thiophene rings is 1. The molecule has 114 valence electrons. The van der Waals surface area contributed by atoms with Crippen molar-refractivity contribution in [3.05, 3.63) is 59.1 Å². The number of hydrogen-bond donors (Lipinski definition) is 1. The van der Waals surface area contributed by atoms with Gasteiger partial charge in [-0.15, -0.1) is 11.3 Å². The summed E-state index contributed by atoms with van der Waals surface area (Å²) in [5, 5.41) is 4.41. The second-order valence-electron chi connectivity index (χ2n) is 5.04. The van der Waals surface area contributed by atoms with E-state index in [9.17, 15) is 0 Å². The molecule has 0 aliphatic heterocycles. The zero-order valence-electron chi connectivity index (χ0n) is 12.2. The minimum Gasteiger partial charge on any atom is -0.323 e. The second kappa shape index (κ2) is 5.64. The van der Waals surface area contributed by atoms with Crippen molar-refractivity contribution in [2.45, 2.75) is 6.92 Å². The van der Waals surface area contributed by atoms with E-state index in [0.29, 0.717) is 11.6 Å². The Hall–Kier alpha value is -2.44. The lowest BCUT2D eigenvalue weighted by molar-refractivity contribution is 1.06. The lowest BCUT2D eigenvalue weighted by atomic mass is 10.3. The van der Waals surface area contributed by atoms with Crippen LogP contribution in [0.1, 0.15) is 4.88 Å². The molecular weight excluding hydrogens is 330 g/mol. The molecule has 1 aromatic carbocycles. The van der Waals surface area contributed by atoms with Crippen LogP contribution in [0.2, 0.25) is 5.28 Å². The van der Waals surface area contributed by atoms with Crippen LogP contribution in [0.4, 0.5) is 11.6 Å². The highest BCUT2D eigenvalue weighted by Crippen LogP contribution is 2.31. The first kappa shape index (κ1) is 14.2. The number of anilines is 2. The fourth-order valence-electron chi connectivity index (χ4n) is 2.36. The fourth-order valence-corrected chi connectivity index (χ4v) is 3.46. The monoisotopic (exact) mass is 341 g/mol. The van der Waals surface area contributed by atoms with Crippen LogP contribution in [-0.4, -0.2) is 19.5 Å². The van der Waals surface area contributed by atoms with Gasteiger partial charge in [0.15, 0.2) is 0 Å². The molecule has 23 heavy (non-hydrogen) atoms. The molecule has 0 saturated heterocycles. The number of fused-ring (bicyclic) bond motifs is 1. The molecule has 3 heterocycles. The first-order valence-electron chi connectivity index (χ1n) is 6.99. The molecule has 4 rings (SSSR count). The summed E-state index contributed by atoms with van der Waals surface area (Å²) in [6, 6.07) is 12.1. The Kier molecular flexibility index (Phi) is 3.48.